The van der Waals surface area contributed by atoms with Crippen LogP contribution in [0.4, 0.5) is 0 Å². The van der Waals surface area contributed by atoms with Crippen molar-refractivity contribution in [2.24, 2.45) is 0 Å². The van der Waals surface area contributed by atoms with E-state index in [9.17, 15) is 4.79 Å². The molecule has 1 saturated heterocycles. The number of carbonyl (C=O) groups is 1. The molecule has 1 fully saturated rings. The first kappa shape index (κ1) is 10.4. The third-order valence-corrected chi connectivity index (χ3v) is 1.79. The Labute approximate surface area is 68.8 Å². The molecular formula is C8H18N2O. The summed E-state index contributed by atoms with van der Waals surface area (Å²) in [5, 5.41) is 3.24. The third-order valence-electron chi connectivity index (χ3n) is 1.79. The van der Waals surface area contributed by atoms with Crippen LogP contribution in [0.1, 0.15) is 20.8 Å². The van der Waals surface area contributed by atoms with Crippen LogP contribution in [-0.2, 0) is 4.79 Å². The molecule has 0 radical (unpaired) electrons. The maximum atomic E-state index is 10.8. The van der Waals surface area contributed by atoms with E-state index in [1.165, 1.54) is 0 Å². The summed E-state index contributed by atoms with van der Waals surface area (Å²) in [6.45, 7) is 5.41. The second kappa shape index (κ2) is 5.13. The molecule has 0 saturated carbocycles. The zero-order chi connectivity index (χ0) is 7.40. The lowest BCUT2D eigenvalue weighted by atomic mass is 10.4. The number of hydrogen-bond donors (Lipinski definition) is 1. The number of carbonyl (C=O) groups excluding carboxylic acids is 1. The number of nitrogens with zero attached hydrogens (tertiary/aromatic N) is 1. The van der Waals surface area contributed by atoms with Crippen LogP contribution in [0, 0.1) is 0 Å². The maximum absolute atomic E-state index is 10.8. The van der Waals surface area contributed by atoms with Crippen LogP contribution in [0.15, 0.2) is 0 Å². The van der Waals surface area contributed by atoms with Gasteiger partial charge in [-0.05, 0) is 13.0 Å². The van der Waals surface area contributed by atoms with E-state index in [0.29, 0.717) is 0 Å². The third kappa shape index (κ3) is 3.37. The molecule has 0 atom stereocenters. The van der Waals surface area contributed by atoms with Crippen LogP contribution in [0.5, 0.6) is 0 Å². The van der Waals surface area contributed by atoms with Crippen molar-refractivity contribution >= 4 is 5.91 Å². The van der Waals surface area contributed by atoms with Gasteiger partial charge in [0.25, 0.3) is 0 Å². The molecule has 11 heavy (non-hydrogen) atoms. The first-order valence-electron chi connectivity index (χ1n) is 3.77. The zero-order valence-corrected chi connectivity index (χ0v) is 6.39. The summed E-state index contributed by atoms with van der Waals surface area (Å²) in [6.07, 6.45) is 1.08. The van der Waals surface area contributed by atoms with Crippen molar-refractivity contribution in [3.63, 3.8) is 0 Å². The van der Waals surface area contributed by atoms with E-state index in [0.717, 1.165) is 32.6 Å². The molecule has 1 aliphatic rings. The molecule has 0 aromatic heterocycles. The largest absolute Gasteiger partial charge is 0.342 e. The molecule has 0 bridgehead atoms. The molecule has 0 aromatic rings. The predicted molar refractivity (Wildman–Crippen MR) is 46.5 cm³/mol. The van der Waals surface area contributed by atoms with Gasteiger partial charge >= 0.3 is 0 Å². The first-order chi connectivity index (χ1) is 4.80. The van der Waals surface area contributed by atoms with Crippen LogP contribution in [-0.4, -0.2) is 37.0 Å². The van der Waals surface area contributed by atoms with Crippen molar-refractivity contribution in [1.82, 2.24) is 10.2 Å². The number of hydrogen-bond acceptors (Lipinski definition) is 2. The quantitative estimate of drug-likeness (QED) is 0.555. The topological polar surface area (TPSA) is 32.3 Å². The summed E-state index contributed by atoms with van der Waals surface area (Å²) in [6, 6.07) is 0. The average molecular weight is 158 g/mol. The van der Waals surface area contributed by atoms with Gasteiger partial charge in [0.1, 0.15) is 0 Å². The number of nitrogens with one attached hydrogen (secondary N) is 1. The van der Waals surface area contributed by atoms with E-state index in [1.807, 2.05) is 4.90 Å². The monoisotopic (exact) mass is 158 g/mol. The highest BCUT2D eigenvalue weighted by Crippen LogP contribution is 1.94. The van der Waals surface area contributed by atoms with Gasteiger partial charge in [-0.1, -0.05) is 7.43 Å². The molecule has 1 amide bonds. The molecule has 1 rings (SSSR count). The molecule has 3 nitrogen and oxygen atoms in total. The lowest BCUT2D eigenvalue weighted by Crippen LogP contribution is -2.32. The molecule has 1 aliphatic heterocycles. The fourth-order valence-corrected chi connectivity index (χ4v) is 1.16. The lowest BCUT2D eigenvalue weighted by molar-refractivity contribution is -0.128. The van der Waals surface area contributed by atoms with Crippen molar-refractivity contribution in [3.8, 4) is 0 Å². The van der Waals surface area contributed by atoms with Crippen molar-refractivity contribution in [2.45, 2.75) is 20.8 Å². The SMILES string of the molecule is C.CC(=O)N1CCCNCC1. The predicted octanol–water partition coefficient (Wildman–Crippen LogP) is 0.464. The normalized spacial score (nSPS) is 18.5. The molecule has 0 aromatic carbocycles. The molecule has 66 valence electrons. The van der Waals surface area contributed by atoms with Crippen molar-refractivity contribution in [1.29, 1.82) is 0 Å². The molecule has 1 heterocycles. The van der Waals surface area contributed by atoms with Gasteiger partial charge in [-0.25, -0.2) is 0 Å². The Morgan fingerprint density at radius 1 is 1.36 bits per heavy atom. The summed E-state index contributed by atoms with van der Waals surface area (Å²) in [4.78, 5) is 12.7. The molecule has 3 heteroatoms. The highest BCUT2D eigenvalue weighted by Gasteiger charge is 2.09. The van der Waals surface area contributed by atoms with Gasteiger partial charge in [0.2, 0.25) is 5.91 Å². The van der Waals surface area contributed by atoms with Gasteiger partial charge in [-0.3, -0.25) is 4.79 Å². The molecular weight excluding hydrogens is 140 g/mol. The van der Waals surface area contributed by atoms with E-state index >= 15 is 0 Å². The summed E-state index contributed by atoms with van der Waals surface area (Å²) in [5.74, 6) is 0.198. The second-order valence-electron chi connectivity index (χ2n) is 2.61. The minimum absolute atomic E-state index is 0. The fraction of sp³-hybridized carbons (Fsp3) is 0.875. The first-order valence-corrected chi connectivity index (χ1v) is 3.77. The van der Waals surface area contributed by atoms with E-state index in [-0.39, 0.29) is 13.3 Å². The maximum Gasteiger partial charge on any atom is 0.219 e. The summed E-state index contributed by atoms with van der Waals surface area (Å²) < 4.78 is 0. The Balaban J connectivity index is 0.000001000. The molecule has 0 aliphatic carbocycles. The summed E-state index contributed by atoms with van der Waals surface area (Å²) >= 11 is 0. The van der Waals surface area contributed by atoms with Crippen molar-refractivity contribution in [3.05, 3.63) is 0 Å². The van der Waals surface area contributed by atoms with E-state index in [4.69, 9.17) is 0 Å². The smallest absolute Gasteiger partial charge is 0.219 e. The Morgan fingerprint density at radius 2 is 2.09 bits per heavy atom. The van der Waals surface area contributed by atoms with Crippen LogP contribution in [0.2, 0.25) is 0 Å². The van der Waals surface area contributed by atoms with E-state index in [2.05, 4.69) is 5.32 Å². The number of amides is 1. The van der Waals surface area contributed by atoms with Crippen LogP contribution in [0.3, 0.4) is 0 Å². The van der Waals surface area contributed by atoms with Gasteiger partial charge in [0, 0.05) is 26.6 Å². The van der Waals surface area contributed by atoms with E-state index in [1.54, 1.807) is 6.92 Å². The Morgan fingerprint density at radius 3 is 2.73 bits per heavy atom. The van der Waals surface area contributed by atoms with Gasteiger partial charge in [-0.2, -0.15) is 0 Å². The standard InChI is InChI=1S/C7H14N2O.CH4/c1-7(10)9-5-2-3-8-4-6-9;/h8H,2-6H2,1H3;1H4. The minimum atomic E-state index is 0. The average Bonchev–Trinajstić information content (AvgIpc) is 2.12. The highest BCUT2D eigenvalue weighted by molar-refractivity contribution is 5.73. The van der Waals surface area contributed by atoms with Crippen LogP contribution in [0.25, 0.3) is 0 Å². The second-order valence-corrected chi connectivity index (χ2v) is 2.61. The highest BCUT2D eigenvalue weighted by atomic mass is 16.2. The number of rotatable bonds is 0. The van der Waals surface area contributed by atoms with Crippen molar-refractivity contribution in [2.75, 3.05) is 26.2 Å². The molecule has 0 unspecified atom stereocenters. The Hall–Kier alpha value is -0.570. The van der Waals surface area contributed by atoms with Gasteiger partial charge in [-0.15, -0.1) is 0 Å². The Kier molecular flexibility index (Phi) is 4.86. The van der Waals surface area contributed by atoms with Crippen LogP contribution >= 0.6 is 0 Å². The van der Waals surface area contributed by atoms with Crippen LogP contribution < -0.4 is 5.32 Å². The van der Waals surface area contributed by atoms with Gasteiger partial charge < -0.3 is 10.2 Å². The molecule has 1 N–H and O–H groups in total. The molecule has 0 spiro atoms. The minimum Gasteiger partial charge on any atom is -0.342 e. The summed E-state index contributed by atoms with van der Waals surface area (Å²) in [5.41, 5.74) is 0. The Bertz CT molecular complexity index is 117. The summed E-state index contributed by atoms with van der Waals surface area (Å²) in [7, 11) is 0. The van der Waals surface area contributed by atoms with Gasteiger partial charge in [0.15, 0.2) is 0 Å². The van der Waals surface area contributed by atoms with Crippen molar-refractivity contribution < 1.29 is 4.79 Å². The fourth-order valence-electron chi connectivity index (χ4n) is 1.16. The zero-order valence-electron chi connectivity index (χ0n) is 6.39. The van der Waals surface area contributed by atoms with E-state index < -0.39 is 0 Å². The van der Waals surface area contributed by atoms with Gasteiger partial charge in [0.05, 0.1) is 0 Å². The lowest BCUT2D eigenvalue weighted by Gasteiger charge is -2.16.